The van der Waals surface area contributed by atoms with E-state index in [4.69, 9.17) is 16.3 Å². The van der Waals surface area contributed by atoms with Gasteiger partial charge in [-0.2, -0.15) is 0 Å². The molecule has 2 saturated carbocycles. The van der Waals surface area contributed by atoms with Gasteiger partial charge in [0.25, 0.3) is 5.91 Å². The molecule has 0 heterocycles. The Kier molecular flexibility index (Phi) is 6.03. The molecule has 154 valence electrons. The van der Waals surface area contributed by atoms with Crippen molar-refractivity contribution in [3.8, 4) is 0 Å². The van der Waals surface area contributed by atoms with E-state index in [1.54, 1.807) is 0 Å². The summed E-state index contributed by atoms with van der Waals surface area (Å²) in [6.07, 6.45) is 3.18. The van der Waals surface area contributed by atoms with Gasteiger partial charge in [0.15, 0.2) is 6.10 Å². The highest BCUT2D eigenvalue weighted by Gasteiger charge is 2.44. The molecule has 2 bridgehead atoms. The molecule has 0 aliphatic heterocycles. The van der Waals surface area contributed by atoms with E-state index in [-0.39, 0.29) is 27.5 Å². The predicted molar refractivity (Wildman–Crippen MR) is 105 cm³/mol. The zero-order chi connectivity index (χ0) is 20.6. The second-order valence-corrected chi connectivity index (χ2v) is 10.3. The van der Waals surface area contributed by atoms with E-state index >= 15 is 0 Å². The molecule has 2 fully saturated rings. The molecule has 1 amide bonds. The molecule has 0 saturated heterocycles. The van der Waals surface area contributed by atoms with Crippen LogP contribution in [0.2, 0.25) is 5.02 Å². The van der Waals surface area contributed by atoms with Crippen LogP contribution in [-0.4, -0.2) is 44.8 Å². The number of sulfonamides is 1. The number of esters is 1. The predicted octanol–water partition coefficient (Wildman–Crippen LogP) is 2.90. The van der Waals surface area contributed by atoms with Crippen LogP contribution >= 0.6 is 11.6 Å². The molecular formula is C19H25ClN2O5S. The summed E-state index contributed by atoms with van der Waals surface area (Å²) >= 11 is 6.01. The summed E-state index contributed by atoms with van der Waals surface area (Å²) in [6.45, 7) is 1.51. The maximum absolute atomic E-state index is 12.4. The number of nitrogens with one attached hydrogen (secondary N) is 1. The molecule has 3 rings (SSSR count). The summed E-state index contributed by atoms with van der Waals surface area (Å²) in [4.78, 5) is 24.7. The third-order valence-corrected chi connectivity index (χ3v) is 7.96. The molecule has 1 aromatic carbocycles. The standard InChI is InChI=1S/C19H25ClN2O5S/c1-11(27-19(24)15-9-12-4-5-13(15)8-12)18(23)21-14-6-7-16(20)17(10-14)28(25,26)22(2)3/h6-7,10-13,15H,4-5,8-9H2,1-3H3,(H,21,23). The van der Waals surface area contributed by atoms with Crippen LogP contribution < -0.4 is 5.32 Å². The average molecular weight is 429 g/mol. The summed E-state index contributed by atoms with van der Waals surface area (Å²) in [5.41, 5.74) is 0.262. The highest BCUT2D eigenvalue weighted by atomic mass is 35.5. The molecule has 4 unspecified atom stereocenters. The summed E-state index contributed by atoms with van der Waals surface area (Å²) in [5, 5.41) is 2.65. The molecule has 1 N–H and O–H groups in total. The van der Waals surface area contributed by atoms with Gasteiger partial charge in [-0.15, -0.1) is 0 Å². The topological polar surface area (TPSA) is 92.8 Å². The van der Waals surface area contributed by atoms with Gasteiger partial charge >= 0.3 is 5.97 Å². The number of hydrogen-bond donors (Lipinski definition) is 1. The van der Waals surface area contributed by atoms with Crippen LogP contribution in [-0.2, 0) is 24.3 Å². The summed E-state index contributed by atoms with van der Waals surface area (Å²) < 4.78 is 31.1. The largest absolute Gasteiger partial charge is 0.452 e. The van der Waals surface area contributed by atoms with Crippen LogP contribution in [0.15, 0.2) is 23.1 Å². The Bertz CT molecular complexity index is 886. The van der Waals surface area contributed by atoms with Crippen molar-refractivity contribution in [3.05, 3.63) is 23.2 Å². The fourth-order valence-corrected chi connectivity index (χ4v) is 5.46. The van der Waals surface area contributed by atoms with Crippen molar-refractivity contribution in [2.24, 2.45) is 17.8 Å². The monoisotopic (exact) mass is 428 g/mol. The van der Waals surface area contributed by atoms with Gasteiger partial charge in [0.2, 0.25) is 10.0 Å². The third kappa shape index (κ3) is 4.18. The fraction of sp³-hybridized carbons (Fsp3) is 0.579. The van der Waals surface area contributed by atoms with Crippen LogP contribution in [0.3, 0.4) is 0 Å². The maximum Gasteiger partial charge on any atom is 0.309 e. The summed E-state index contributed by atoms with van der Waals surface area (Å²) in [7, 11) is -0.963. The first-order valence-corrected chi connectivity index (χ1v) is 11.1. The Morgan fingerprint density at radius 1 is 1.25 bits per heavy atom. The molecule has 1 aromatic rings. The van der Waals surface area contributed by atoms with Crippen molar-refractivity contribution in [1.82, 2.24) is 4.31 Å². The number of halogens is 1. The first-order chi connectivity index (χ1) is 13.1. The number of benzene rings is 1. The number of amides is 1. The number of nitrogens with zero attached hydrogens (tertiary/aromatic N) is 1. The Labute approximate surface area is 170 Å². The van der Waals surface area contributed by atoms with Crippen molar-refractivity contribution in [1.29, 1.82) is 0 Å². The van der Waals surface area contributed by atoms with Crippen molar-refractivity contribution in [2.75, 3.05) is 19.4 Å². The molecule has 2 aliphatic rings. The van der Waals surface area contributed by atoms with Crippen LogP contribution in [0.4, 0.5) is 5.69 Å². The molecule has 0 aromatic heterocycles. The molecule has 9 heteroatoms. The van der Waals surface area contributed by atoms with Gasteiger partial charge in [0.05, 0.1) is 10.9 Å². The first kappa shape index (κ1) is 21.1. The van der Waals surface area contributed by atoms with E-state index < -0.39 is 22.0 Å². The van der Waals surface area contributed by atoms with Gasteiger partial charge in [-0.05, 0) is 56.2 Å². The van der Waals surface area contributed by atoms with Crippen LogP contribution in [0, 0.1) is 17.8 Å². The maximum atomic E-state index is 12.4. The lowest BCUT2D eigenvalue weighted by Gasteiger charge is -2.22. The van der Waals surface area contributed by atoms with Crippen molar-refractivity contribution in [3.63, 3.8) is 0 Å². The van der Waals surface area contributed by atoms with Crippen LogP contribution in [0.5, 0.6) is 0 Å². The molecule has 0 radical (unpaired) electrons. The molecular weight excluding hydrogens is 404 g/mol. The zero-order valence-electron chi connectivity index (χ0n) is 16.1. The Balaban J connectivity index is 1.65. The van der Waals surface area contributed by atoms with Crippen molar-refractivity contribution in [2.45, 2.75) is 43.6 Å². The number of ether oxygens (including phenoxy) is 1. The van der Waals surface area contributed by atoms with Gasteiger partial charge < -0.3 is 10.1 Å². The lowest BCUT2D eigenvalue weighted by atomic mass is 9.89. The van der Waals surface area contributed by atoms with Crippen LogP contribution in [0.1, 0.15) is 32.6 Å². The van der Waals surface area contributed by atoms with Gasteiger partial charge in [-0.1, -0.05) is 18.0 Å². The molecule has 4 atom stereocenters. The molecule has 0 spiro atoms. The molecule has 28 heavy (non-hydrogen) atoms. The van der Waals surface area contributed by atoms with Crippen molar-refractivity contribution < 1.29 is 22.7 Å². The SMILES string of the molecule is CC(OC(=O)C1CC2CCC1C2)C(=O)Nc1ccc(Cl)c(S(=O)(=O)N(C)C)c1. The highest BCUT2D eigenvalue weighted by molar-refractivity contribution is 7.89. The minimum atomic E-state index is -3.76. The van der Waals surface area contributed by atoms with E-state index in [1.165, 1.54) is 45.6 Å². The summed E-state index contributed by atoms with van der Waals surface area (Å²) in [5.74, 6) is 0.0378. The lowest BCUT2D eigenvalue weighted by Crippen LogP contribution is -2.33. The number of fused-ring (bicyclic) bond motifs is 2. The Morgan fingerprint density at radius 3 is 2.54 bits per heavy atom. The fourth-order valence-electron chi connectivity index (χ4n) is 4.07. The molecule has 2 aliphatic carbocycles. The lowest BCUT2D eigenvalue weighted by molar-refractivity contribution is -0.158. The smallest absolute Gasteiger partial charge is 0.309 e. The number of carbonyl (C=O) groups excluding carboxylic acids is 2. The Morgan fingerprint density at radius 2 is 1.96 bits per heavy atom. The first-order valence-electron chi connectivity index (χ1n) is 9.33. The molecule has 7 nitrogen and oxygen atoms in total. The van der Waals surface area contributed by atoms with Gasteiger partial charge in [0.1, 0.15) is 4.90 Å². The van der Waals surface area contributed by atoms with E-state index in [0.29, 0.717) is 11.8 Å². The minimum Gasteiger partial charge on any atom is -0.452 e. The average Bonchev–Trinajstić information content (AvgIpc) is 3.26. The number of carbonyl (C=O) groups is 2. The second kappa shape index (κ2) is 8.00. The van der Waals surface area contributed by atoms with Crippen LogP contribution in [0.25, 0.3) is 0 Å². The van der Waals surface area contributed by atoms with Gasteiger partial charge in [0, 0.05) is 19.8 Å². The number of rotatable bonds is 6. The van der Waals surface area contributed by atoms with E-state index in [0.717, 1.165) is 23.6 Å². The van der Waals surface area contributed by atoms with Crippen molar-refractivity contribution >= 4 is 39.2 Å². The number of anilines is 1. The number of hydrogen-bond acceptors (Lipinski definition) is 5. The van der Waals surface area contributed by atoms with Gasteiger partial charge in [-0.3, -0.25) is 9.59 Å². The Hall–Kier alpha value is -1.64. The van der Waals surface area contributed by atoms with E-state index in [9.17, 15) is 18.0 Å². The second-order valence-electron chi connectivity index (χ2n) is 7.78. The van der Waals surface area contributed by atoms with E-state index in [2.05, 4.69) is 5.32 Å². The quantitative estimate of drug-likeness (QED) is 0.703. The summed E-state index contributed by atoms with van der Waals surface area (Å²) in [6, 6.07) is 4.19. The highest BCUT2D eigenvalue weighted by Crippen LogP contribution is 2.48. The van der Waals surface area contributed by atoms with E-state index in [1.807, 2.05) is 0 Å². The minimum absolute atomic E-state index is 0.0578. The van der Waals surface area contributed by atoms with Gasteiger partial charge in [-0.25, -0.2) is 12.7 Å². The third-order valence-electron chi connectivity index (χ3n) is 5.66. The normalized spacial score (nSPS) is 25.0. The zero-order valence-corrected chi connectivity index (χ0v) is 17.7.